The smallest absolute Gasteiger partial charge is 0.266 e. The molecule has 2 aliphatic rings. The second-order valence-corrected chi connectivity index (χ2v) is 6.91. The van der Waals surface area contributed by atoms with E-state index in [1.807, 2.05) is 30.3 Å². The lowest BCUT2D eigenvalue weighted by atomic mass is 9.92. The van der Waals surface area contributed by atoms with Crippen LogP contribution in [0.5, 0.6) is 0 Å². The van der Waals surface area contributed by atoms with Gasteiger partial charge in [-0.1, -0.05) is 38.0 Å². The number of halogens is 1. The number of hydrogen-bond donors (Lipinski definition) is 0. The molecule has 0 N–H and O–H groups in total. The first-order chi connectivity index (χ1) is 13.1. The van der Waals surface area contributed by atoms with Crippen LogP contribution in [0.4, 0.5) is 15.8 Å². The molecule has 0 aromatic heterocycles. The van der Waals surface area contributed by atoms with E-state index in [9.17, 15) is 14.0 Å². The molecule has 2 amide bonds. The van der Waals surface area contributed by atoms with E-state index in [1.54, 1.807) is 5.06 Å². The van der Waals surface area contributed by atoms with Crippen molar-refractivity contribution in [3.8, 4) is 0 Å². The highest BCUT2D eigenvalue weighted by Crippen LogP contribution is 2.41. The van der Waals surface area contributed by atoms with E-state index in [0.29, 0.717) is 5.69 Å². The fourth-order valence-electron chi connectivity index (χ4n) is 3.87. The Morgan fingerprint density at radius 2 is 1.67 bits per heavy atom. The van der Waals surface area contributed by atoms with Gasteiger partial charge in [-0.2, -0.15) is 0 Å². The number of unbranched alkanes of at least 4 members (excludes halogenated alkanes) is 1. The third-order valence-corrected chi connectivity index (χ3v) is 5.19. The highest BCUT2D eigenvalue weighted by molar-refractivity contribution is 6.23. The lowest BCUT2D eigenvalue weighted by Gasteiger charge is -2.28. The van der Waals surface area contributed by atoms with Gasteiger partial charge in [0.2, 0.25) is 5.91 Å². The van der Waals surface area contributed by atoms with Crippen LogP contribution in [-0.2, 0) is 14.4 Å². The quantitative estimate of drug-likeness (QED) is 0.755. The second kappa shape index (κ2) is 7.12. The van der Waals surface area contributed by atoms with Gasteiger partial charge in [0, 0.05) is 0 Å². The molecule has 2 saturated heterocycles. The summed E-state index contributed by atoms with van der Waals surface area (Å²) in [6.45, 7) is 2.09. The number of carbonyl (C=O) groups excluding carboxylic acids is 2. The number of fused-ring (bicyclic) bond motifs is 1. The molecule has 2 fully saturated rings. The minimum atomic E-state index is -0.843. The first-order valence-corrected chi connectivity index (χ1v) is 9.26. The molecule has 5 nitrogen and oxygen atoms in total. The molecule has 4 rings (SSSR count). The maximum Gasteiger partial charge on any atom is 0.266 e. The number of amides is 2. The molecule has 0 spiro atoms. The van der Waals surface area contributed by atoms with Crippen LogP contribution < -0.4 is 9.96 Å². The molecule has 2 aliphatic heterocycles. The van der Waals surface area contributed by atoms with Crippen LogP contribution in [0.15, 0.2) is 54.6 Å². The van der Waals surface area contributed by atoms with Gasteiger partial charge in [-0.3, -0.25) is 14.4 Å². The Hall–Kier alpha value is -2.73. The van der Waals surface area contributed by atoms with Gasteiger partial charge in [-0.25, -0.2) is 14.4 Å². The third-order valence-electron chi connectivity index (χ3n) is 5.19. The normalized spacial score (nSPS) is 24.6. The van der Waals surface area contributed by atoms with E-state index >= 15 is 0 Å². The molecule has 0 bridgehead atoms. The van der Waals surface area contributed by atoms with Crippen molar-refractivity contribution in [3.05, 3.63) is 60.4 Å². The summed E-state index contributed by atoms with van der Waals surface area (Å²) in [5, 5.41) is 1.72. The minimum Gasteiger partial charge on any atom is -0.273 e. The number of imide groups is 1. The molecule has 3 atom stereocenters. The number of para-hydroxylation sites is 1. The van der Waals surface area contributed by atoms with Crippen molar-refractivity contribution in [2.24, 2.45) is 5.92 Å². The van der Waals surface area contributed by atoms with E-state index in [-0.39, 0.29) is 11.9 Å². The number of hydroxylamine groups is 1. The number of benzene rings is 2. The topological polar surface area (TPSA) is 49.9 Å². The SMILES string of the molecule is CCCC[C@@H]1[C@@H]2C(=O)N(c3ccc(F)cc3)C(=O)[C@@H]2ON1c1ccccc1. The van der Waals surface area contributed by atoms with Crippen molar-refractivity contribution in [2.45, 2.75) is 38.3 Å². The van der Waals surface area contributed by atoms with E-state index in [0.717, 1.165) is 29.8 Å². The van der Waals surface area contributed by atoms with Gasteiger partial charge in [0.05, 0.1) is 23.3 Å². The van der Waals surface area contributed by atoms with Crippen LogP contribution in [0.3, 0.4) is 0 Å². The Bertz CT molecular complexity index is 840. The van der Waals surface area contributed by atoms with Crippen molar-refractivity contribution in [1.82, 2.24) is 0 Å². The summed E-state index contributed by atoms with van der Waals surface area (Å²) < 4.78 is 13.2. The van der Waals surface area contributed by atoms with E-state index < -0.39 is 23.7 Å². The summed E-state index contributed by atoms with van der Waals surface area (Å²) in [4.78, 5) is 33.2. The zero-order chi connectivity index (χ0) is 19.0. The molecule has 2 aromatic rings. The molecule has 6 heteroatoms. The Labute approximate surface area is 157 Å². The highest BCUT2D eigenvalue weighted by atomic mass is 19.1. The van der Waals surface area contributed by atoms with Gasteiger partial charge in [0.25, 0.3) is 5.91 Å². The summed E-state index contributed by atoms with van der Waals surface area (Å²) in [6.07, 6.45) is 1.83. The summed E-state index contributed by atoms with van der Waals surface area (Å²) in [6, 6.07) is 14.7. The monoisotopic (exact) mass is 368 g/mol. The van der Waals surface area contributed by atoms with Crippen LogP contribution in [0.1, 0.15) is 26.2 Å². The summed E-state index contributed by atoms with van der Waals surface area (Å²) >= 11 is 0. The fraction of sp³-hybridized carbons (Fsp3) is 0.333. The molecular formula is C21H21FN2O3. The standard InChI is InChI=1S/C21H21FN2O3/c1-2-3-9-17-18-19(27-24(17)16-7-5-4-6-8-16)21(26)23(20(18)25)15-12-10-14(22)11-13-15/h4-8,10-13,17-19H,2-3,9H2,1H3/t17-,18+,19-/m1/s1. The molecule has 27 heavy (non-hydrogen) atoms. The summed E-state index contributed by atoms with van der Waals surface area (Å²) in [5.74, 6) is -1.65. The molecule has 0 radical (unpaired) electrons. The predicted molar refractivity (Wildman–Crippen MR) is 99.5 cm³/mol. The molecule has 140 valence electrons. The molecule has 0 aliphatic carbocycles. The van der Waals surface area contributed by atoms with Crippen LogP contribution in [0, 0.1) is 11.7 Å². The number of carbonyl (C=O) groups is 2. The Kier molecular flexibility index (Phi) is 4.66. The van der Waals surface area contributed by atoms with Crippen LogP contribution in [0.2, 0.25) is 0 Å². The van der Waals surface area contributed by atoms with Crippen molar-refractivity contribution in [2.75, 3.05) is 9.96 Å². The van der Waals surface area contributed by atoms with Gasteiger partial charge >= 0.3 is 0 Å². The molecule has 0 saturated carbocycles. The molecule has 0 unspecified atom stereocenters. The van der Waals surface area contributed by atoms with Gasteiger partial charge in [0.1, 0.15) is 5.82 Å². The molecular weight excluding hydrogens is 347 g/mol. The van der Waals surface area contributed by atoms with Crippen LogP contribution >= 0.6 is 0 Å². The van der Waals surface area contributed by atoms with Crippen molar-refractivity contribution in [1.29, 1.82) is 0 Å². The first kappa shape index (κ1) is 17.7. The van der Waals surface area contributed by atoms with E-state index in [1.165, 1.54) is 24.3 Å². The van der Waals surface area contributed by atoms with Gasteiger partial charge in [-0.15, -0.1) is 0 Å². The lowest BCUT2D eigenvalue weighted by Crippen LogP contribution is -2.40. The van der Waals surface area contributed by atoms with Crippen molar-refractivity contribution >= 4 is 23.2 Å². The number of anilines is 2. The number of nitrogens with zero attached hydrogens (tertiary/aromatic N) is 2. The van der Waals surface area contributed by atoms with Gasteiger partial charge in [-0.05, 0) is 42.8 Å². The average Bonchev–Trinajstić information content (AvgIpc) is 3.18. The number of hydrogen-bond acceptors (Lipinski definition) is 4. The fourth-order valence-corrected chi connectivity index (χ4v) is 3.87. The third kappa shape index (κ3) is 3.00. The summed E-state index contributed by atoms with van der Waals surface area (Å²) in [5.41, 5.74) is 1.21. The Morgan fingerprint density at radius 3 is 2.33 bits per heavy atom. The molecule has 2 aromatic carbocycles. The largest absolute Gasteiger partial charge is 0.273 e. The van der Waals surface area contributed by atoms with E-state index in [2.05, 4.69) is 6.92 Å². The minimum absolute atomic E-state index is 0.209. The maximum atomic E-state index is 13.2. The number of rotatable bonds is 5. The zero-order valence-electron chi connectivity index (χ0n) is 15.0. The van der Waals surface area contributed by atoms with Crippen LogP contribution in [0.25, 0.3) is 0 Å². The van der Waals surface area contributed by atoms with Gasteiger partial charge < -0.3 is 0 Å². The average molecular weight is 368 g/mol. The summed E-state index contributed by atoms with van der Waals surface area (Å²) in [7, 11) is 0. The second-order valence-electron chi connectivity index (χ2n) is 6.91. The van der Waals surface area contributed by atoms with E-state index in [4.69, 9.17) is 4.84 Å². The predicted octanol–water partition coefficient (Wildman–Crippen LogP) is 3.69. The van der Waals surface area contributed by atoms with Crippen molar-refractivity contribution < 1.29 is 18.8 Å². The maximum absolute atomic E-state index is 13.2. The van der Waals surface area contributed by atoms with Crippen LogP contribution in [-0.4, -0.2) is 24.0 Å². The Morgan fingerprint density at radius 1 is 0.963 bits per heavy atom. The molecule has 2 heterocycles. The van der Waals surface area contributed by atoms with Gasteiger partial charge in [0.15, 0.2) is 6.10 Å². The zero-order valence-corrected chi connectivity index (χ0v) is 15.0. The van der Waals surface area contributed by atoms with Crippen molar-refractivity contribution in [3.63, 3.8) is 0 Å². The lowest BCUT2D eigenvalue weighted by molar-refractivity contribution is -0.126. The highest BCUT2D eigenvalue weighted by Gasteiger charge is 2.59. The first-order valence-electron chi connectivity index (χ1n) is 9.26. The Balaban J connectivity index is 1.66.